The lowest BCUT2D eigenvalue weighted by Crippen LogP contribution is -2.60. The number of amides is 2. The van der Waals surface area contributed by atoms with E-state index in [1.54, 1.807) is 17.1 Å². The first-order valence-electron chi connectivity index (χ1n) is 14.7. The average Bonchev–Trinajstić information content (AvgIpc) is 3.54. The van der Waals surface area contributed by atoms with Crippen molar-refractivity contribution in [3.05, 3.63) is 25.3 Å². The van der Waals surface area contributed by atoms with Crippen LogP contribution in [-0.4, -0.2) is 81.8 Å². The van der Waals surface area contributed by atoms with Gasteiger partial charge in [-0.05, 0) is 51.4 Å². The summed E-state index contributed by atoms with van der Waals surface area (Å²) in [5, 5.41) is 10.3. The Hall–Kier alpha value is -2.19. The fraction of sp³-hybridized carbons (Fsp3) is 0.767. The molecule has 3 saturated heterocycles. The monoisotopic (exact) mass is 530 g/mol. The van der Waals surface area contributed by atoms with Gasteiger partial charge in [0.1, 0.15) is 17.6 Å². The Kier molecular flexibility index (Phi) is 9.03. The van der Waals surface area contributed by atoms with E-state index in [-0.39, 0.29) is 31.1 Å². The first kappa shape index (κ1) is 28.8. The summed E-state index contributed by atoms with van der Waals surface area (Å²) in [5.74, 6) is -2.40. The standard InChI is InChI=1S/C30H46N2O6/c1-5-9-13-19-37-28(36)24-23-26(34)32(21(7-3)20-33)25(30(23)17-16-29(24,8-4)38-30)27(35)31(18-6-2)22-14-11-10-12-15-22/h5-6,21-25,33H,1-2,7-20H2,3-4H3/t21-,23-,24-,25?,29+,30?/m0/s1. The number of likely N-dealkylation sites (tertiary alicyclic amines) is 1. The number of hydrogen-bond acceptors (Lipinski definition) is 6. The highest BCUT2D eigenvalue weighted by Crippen LogP contribution is 2.65. The first-order chi connectivity index (χ1) is 18.4. The number of carbonyl (C=O) groups excluding carboxylic acids is 3. The maximum absolute atomic E-state index is 14.6. The number of allylic oxidation sites excluding steroid dienone is 1. The van der Waals surface area contributed by atoms with E-state index in [9.17, 15) is 19.5 Å². The lowest BCUT2D eigenvalue weighted by atomic mass is 9.65. The maximum atomic E-state index is 14.6. The lowest BCUT2D eigenvalue weighted by Gasteiger charge is -2.42. The molecule has 212 valence electrons. The minimum Gasteiger partial charge on any atom is -0.465 e. The van der Waals surface area contributed by atoms with Crippen LogP contribution >= 0.6 is 0 Å². The zero-order chi connectivity index (χ0) is 27.5. The third-order valence-electron chi connectivity index (χ3n) is 9.60. The second kappa shape index (κ2) is 11.9. The van der Waals surface area contributed by atoms with Crippen molar-refractivity contribution in [3.8, 4) is 0 Å². The molecule has 8 heteroatoms. The number of ether oxygens (including phenoxy) is 2. The van der Waals surface area contributed by atoms with Crippen LogP contribution in [0.15, 0.2) is 25.3 Å². The van der Waals surface area contributed by atoms with Crippen molar-refractivity contribution >= 4 is 17.8 Å². The quantitative estimate of drug-likeness (QED) is 0.221. The highest BCUT2D eigenvalue weighted by Gasteiger charge is 2.79. The number of nitrogens with zero attached hydrogens (tertiary/aromatic N) is 2. The van der Waals surface area contributed by atoms with Crippen LogP contribution in [0.1, 0.15) is 84.5 Å². The predicted octanol–water partition coefficient (Wildman–Crippen LogP) is 3.77. The van der Waals surface area contributed by atoms with Gasteiger partial charge < -0.3 is 24.4 Å². The smallest absolute Gasteiger partial charge is 0.312 e. The Morgan fingerprint density at radius 3 is 2.55 bits per heavy atom. The highest BCUT2D eigenvalue weighted by molar-refractivity contribution is 5.99. The van der Waals surface area contributed by atoms with Crippen molar-refractivity contribution < 1.29 is 29.0 Å². The fourth-order valence-corrected chi connectivity index (χ4v) is 7.70. The summed E-state index contributed by atoms with van der Waals surface area (Å²) in [5.41, 5.74) is -1.93. The van der Waals surface area contributed by atoms with Crippen LogP contribution in [0, 0.1) is 11.8 Å². The van der Waals surface area contributed by atoms with E-state index >= 15 is 0 Å². The van der Waals surface area contributed by atoms with Crippen LogP contribution in [0.3, 0.4) is 0 Å². The zero-order valence-corrected chi connectivity index (χ0v) is 23.2. The van der Waals surface area contributed by atoms with Crippen molar-refractivity contribution in [1.82, 2.24) is 9.80 Å². The van der Waals surface area contributed by atoms with Crippen LogP contribution < -0.4 is 0 Å². The molecule has 1 spiro atoms. The van der Waals surface area contributed by atoms with Gasteiger partial charge in [-0.15, -0.1) is 13.2 Å². The van der Waals surface area contributed by atoms with Gasteiger partial charge in [-0.3, -0.25) is 14.4 Å². The van der Waals surface area contributed by atoms with Crippen LogP contribution in [-0.2, 0) is 23.9 Å². The van der Waals surface area contributed by atoms with Gasteiger partial charge in [0.2, 0.25) is 11.8 Å². The van der Waals surface area contributed by atoms with E-state index in [2.05, 4.69) is 13.2 Å². The van der Waals surface area contributed by atoms with E-state index in [4.69, 9.17) is 9.47 Å². The average molecular weight is 531 g/mol. The summed E-state index contributed by atoms with van der Waals surface area (Å²) in [6, 6.07) is -1.33. The molecule has 4 aliphatic rings. The molecule has 38 heavy (non-hydrogen) atoms. The second-order valence-electron chi connectivity index (χ2n) is 11.5. The summed E-state index contributed by atoms with van der Waals surface area (Å²) in [6.07, 6.45) is 12.2. The Morgan fingerprint density at radius 2 is 1.95 bits per heavy atom. The van der Waals surface area contributed by atoms with Crippen LogP contribution in [0.4, 0.5) is 0 Å². The van der Waals surface area contributed by atoms with Gasteiger partial charge in [-0.1, -0.05) is 45.3 Å². The summed E-state index contributed by atoms with van der Waals surface area (Å²) in [4.78, 5) is 45.9. The number of esters is 1. The zero-order valence-electron chi connectivity index (χ0n) is 23.2. The van der Waals surface area contributed by atoms with Crippen LogP contribution in [0.2, 0.25) is 0 Å². The first-order valence-corrected chi connectivity index (χ1v) is 14.7. The molecule has 4 rings (SSSR count). The number of aliphatic hydroxyl groups excluding tert-OH is 1. The molecule has 1 N–H and O–H groups in total. The molecule has 3 heterocycles. The predicted molar refractivity (Wildman–Crippen MR) is 144 cm³/mol. The van der Waals surface area contributed by atoms with E-state index < -0.39 is 41.1 Å². The van der Waals surface area contributed by atoms with Gasteiger partial charge in [-0.25, -0.2) is 0 Å². The largest absolute Gasteiger partial charge is 0.465 e. The molecular weight excluding hydrogens is 484 g/mol. The second-order valence-corrected chi connectivity index (χ2v) is 11.5. The normalized spacial score (nSPS) is 33.2. The Labute approximate surface area is 227 Å². The van der Waals surface area contributed by atoms with Gasteiger partial charge in [-0.2, -0.15) is 0 Å². The molecule has 3 aliphatic heterocycles. The molecule has 1 aliphatic carbocycles. The number of carbonyl (C=O) groups is 3. The number of aliphatic hydroxyl groups is 1. The molecule has 1 saturated carbocycles. The van der Waals surface area contributed by atoms with E-state index in [0.717, 1.165) is 38.5 Å². The summed E-state index contributed by atoms with van der Waals surface area (Å²) in [7, 11) is 0. The molecule has 8 nitrogen and oxygen atoms in total. The molecule has 2 unspecified atom stereocenters. The topological polar surface area (TPSA) is 96.4 Å². The molecule has 0 aromatic carbocycles. The third-order valence-corrected chi connectivity index (χ3v) is 9.60. The third kappa shape index (κ3) is 4.61. The molecular formula is C30H46N2O6. The number of fused-ring (bicyclic) bond motifs is 1. The van der Waals surface area contributed by atoms with E-state index in [1.165, 1.54) is 0 Å². The highest BCUT2D eigenvalue weighted by atomic mass is 16.6. The molecule has 0 radical (unpaired) electrons. The Morgan fingerprint density at radius 1 is 1.21 bits per heavy atom. The van der Waals surface area contributed by atoms with Crippen molar-refractivity contribution in [2.24, 2.45) is 11.8 Å². The van der Waals surface area contributed by atoms with Crippen molar-refractivity contribution in [2.75, 3.05) is 19.8 Å². The van der Waals surface area contributed by atoms with Gasteiger partial charge in [0.15, 0.2) is 0 Å². The van der Waals surface area contributed by atoms with E-state index in [1.807, 2.05) is 18.7 Å². The molecule has 0 aromatic heterocycles. The van der Waals surface area contributed by atoms with Gasteiger partial charge in [0, 0.05) is 12.6 Å². The molecule has 4 fully saturated rings. The van der Waals surface area contributed by atoms with Gasteiger partial charge in [0.25, 0.3) is 0 Å². The number of rotatable bonds is 13. The van der Waals surface area contributed by atoms with Crippen LogP contribution in [0.5, 0.6) is 0 Å². The summed E-state index contributed by atoms with van der Waals surface area (Å²) < 4.78 is 12.5. The minimum atomic E-state index is -1.11. The summed E-state index contributed by atoms with van der Waals surface area (Å²) in [6.45, 7) is 11.9. The van der Waals surface area contributed by atoms with Crippen LogP contribution in [0.25, 0.3) is 0 Å². The molecule has 0 aromatic rings. The van der Waals surface area contributed by atoms with Gasteiger partial charge in [0.05, 0.1) is 30.8 Å². The number of hydrogen-bond donors (Lipinski definition) is 1. The molecule has 2 bridgehead atoms. The van der Waals surface area contributed by atoms with Crippen molar-refractivity contribution in [1.29, 1.82) is 0 Å². The lowest BCUT2D eigenvalue weighted by molar-refractivity contribution is -0.164. The van der Waals surface area contributed by atoms with Gasteiger partial charge >= 0.3 is 5.97 Å². The fourth-order valence-electron chi connectivity index (χ4n) is 7.70. The van der Waals surface area contributed by atoms with Crippen molar-refractivity contribution in [3.63, 3.8) is 0 Å². The Bertz CT molecular complexity index is 912. The maximum Gasteiger partial charge on any atom is 0.312 e. The van der Waals surface area contributed by atoms with E-state index in [0.29, 0.717) is 38.6 Å². The SMILES string of the molecule is C=CCCCOC(=O)[C@@H]1[C@H]2C(=O)N([C@@H](CC)CO)C(C(=O)N(CC=C)C3CCCCC3)C23CC[C@@]1(CC)O3. The summed E-state index contributed by atoms with van der Waals surface area (Å²) >= 11 is 0. The minimum absolute atomic E-state index is 0.0835. The number of unbranched alkanes of at least 4 members (excludes halogenated alkanes) is 1. The Balaban J connectivity index is 1.74. The molecule has 2 amide bonds. The van der Waals surface area contributed by atoms with Crippen molar-refractivity contribution in [2.45, 2.75) is 114 Å². The molecule has 6 atom stereocenters.